The second-order valence-electron chi connectivity index (χ2n) is 7.42. The minimum atomic E-state index is -4.35. The molecule has 2 radical (unpaired) electrons. The Morgan fingerprint density at radius 3 is 2.19 bits per heavy atom. The molecule has 4 rings (SSSR count). The fourth-order valence-corrected chi connectivity index (χ4v) is 3.47. The highest BCUT2D eigenvalue weighted by atomic mass is 19.4. The van der Waals surface area contributed by atoms with Crippen molar-refractivity contribution in [3.8, 4) is 16.9 Å². The van der Waals surface area contributed by atoms with Gasteiger partial charge in [0.2, 0.25) is 0 Å². The van der Waals surface area contributed by atoms with E-state index in [4.69, 9.17) is 11.7 Å². The van der Waals surface area contributed by atoms with Gasteiger partial charge in [-0.2, -0.15) is 13.2 Å². The van der Waals surface area contributed by atoms with Gasteiger partial charge in [-0.15, -0.1) is 0 Å². The number of aromatic amines is 1. The topological polar surface area (TPSA) is 42.1 Å². The lowest BCUT2D eigenvalue weighted by Crippen LogP contribution is -2.06. The molecule has 0 spiro atoms. The van der Waals surface area contributed by atoms with Crippen molar-refractivity contribution in [1.29, 1.82) is 0 Å². The summed E-state index contributed by atoms with van der Waals surface area (Å²) in [6.07, 6.45) is -3.73. The summed E-state index contributed by atoms with van der Waals surface area (Å²) in [5.41, 5.74) is 3.16. The predicted octanol–water partition coefficient (Wildman–Crippen LogP) is 6.76. The molecule has 1 heterocycles. The summed E-state index contributed by atoms with van der Waals surface area (Å²) in [7, 11) is 0. The number of alkyl halides is 3. The first-order valence-electron chi connectivity index (χ1n) is 10.1. The van der Waals surface area contributed by atoms with Crippen LogP contribution in [0.25, 0.3) is 22.0 Å². The fourth-order valence-electron chi connectivity index (χ4n) is 3.47. The zero-order valence-corrected chi connectivity index (χ0v) is 17.1. The Morgan fingerprint density at radius 1 is 0.906 bits per heavy atom. The SMILES string of the molecule is [CH]Cc1cc2ccc(C(=O)CCOc3ccc(-c4ccc(C(F)(F)F)cc4)cc3)cc2[nH]1. The molecule has 0 aliphatic carbocycles. The number of ether oxygens (including phenoxy) is 1. The number of hydrogen-bond acceptors (Lipinski definition) is 2. The Hall–Kier alpha value is -3.54. The van der Waals surface area contributed by atoms with E-state index in [1.807, 2.05) is 18.2 Å². The van der Waals surface area contributed by atoms with Crippen molar-refractivity contribution in [3.63, 3.8) is 0 Å². The van der Waals surface area contributed by atoms with Crippen LogP contribution in [0.3, 0.4) is 0 Å². The normalized spacial score (nSPS) is 11.6. The van der Waals surface area contributed by atoms with Crippen LogP contribution >= 0.6 is 0 Å². The largest absolute Gasteiger partial charge is 0.493 e. The van der Waals surface area contributed by atoms with Gasteiger partial charge < -0.3 is 9.72 Å². The molecule has 32 heavy (non-hydrogen) atoms. The molecule has 0 bridgehead atoms. The number of carbonyl (C=O) groups excluding carboxylic acids is 1. The maximum Gasteiger partial charge on any atom is 0.416 e. The molecule has 3 nitrogen and oxygen atoms in total. The molecule has 0 aliphatic heterocycles. The number of ketones is 1. The minimum absolute atomic E-state index is 0.0304. The molecule has 162 valence electrons. The maximum absolute atomic E-state index is 12.7. The molecular weight excluding hydrogens is 415 g/mol. The van der Waals surface area contributed by atoms with Gasteiger partial charge in [-0.25, -0.2) is 0 Å². The van der Waals surface area contributed by atoms with Crippen molar-refractivity contribution in [2.75, 3.05) is 6.61 Å². The van der Waals surface area contributed by atoms with E-state index in [-0.39, 0.29) is 18.8 Å². The fraction of sp³-hybridized carbons (Fsp3) is 0.154. The number of carbonyl (C=O) groups is 1. The Labute approximate surface area is 183 Å². The van der Waals surface area contributed by atoms with E-state index in [2.05, 4.69) is 4.98 Å². The van der Waals surface area contributed by atoms with E-state index in [9.17, 15) is 18.0 Å². The summed E-state index contributed by atoms with van der Waals surface area (Å²) >= 11 is 0. The Bertz CT molecular complexity index is 1220. The summed E-state index contributed by atoms with van der Waals surface area (Å²) < 4.78 is 43.8. The minimum Gasteiger partial charge on any atom is -0.493 e. The zero-order chi connectivity index (χ0) is 22.7. The van der Waals surface area contributed by atoms with Crippen molar-refractivity contribution in [2.24, 2.45) is 0 Å². The van der Waals surface area contributed by atoms with E-state index in [0.717, 1.165) is 34.3 Å². The standard InChI is InChI=1S/C26H20F3NO2/c1-2-22-15-19-3-4-20(16-24(19)30-22)25(31)13-14-32-23-11-7-18(8-12-23)17-5-9-21(10-6-17)26(27,28)29/h1,3-12,15-16,30H,2,13-14H2. The number of H-pyrrole nitrogens is 1. The lowest BCUT2D eigenvalue weighted by atomic mass is 10.0. The van der Waals surface area contributed by atoms with Gasteiger partial charge in [0.15, 0.2) is 5.78 Å². The average molecular weight is 435 g/mol. The van der Waals surface area contributed by atoms with Gasteiger partial charge in [0.25, 0.3) is 0 Å². The molecule has 0 unspecified atom stereocenters. The van der Waals surface area contributed by atoms with Gasteiger partial charge in [-0.05, 0) is 66.3 Å². The van der Waals surface area contributed by atoms with Crippen LogP contribution in [0.4, 0.5) is 13.2 Å². The van der Waals surface area contributed by atoms with E-state index < -0.39 is 11.7 Å². The second-order valence-corrected chi connectivity index (χ2v) is 7.42. The molecule has 0 atom stereocenters. The van der Waals surface area contributed by atoms with E-state index >= 15 is 0 Å². The lowest BCUT2D eigenvalue weighted by Gasteiger charge is -2.09. The van der Waals surface area contributed by atoms with Crippen LogP contribution in [0, 0.1) is 6.92 Å². The Morgan fingerprint density at radius 2 is 1.56 bits per heavy atom. The molecule has 0 saturated carbocycles. The Kier molecular flexibility index (Phi) is 6.04. The number of hydrogen-bond donors (Lipinski definition) is 1. The third kappa shape index (κ3) is 4.85. The number of rotatable bonds is 7. The van der Waals surface area contributed by atoms with Crippen molar-refractivity contribution < 1.29 is 22.7 Å². The molecule has 6 heteroatoms. The number of halogens is 3. The molecular formula is C26H20F3NO2. The first-order valence-corrected chi connectivity index (χ1v) is 10.1. The van der Waals surface area contributed by atoms with E-state index in [1.165, 1.54) is 12.1 Å². The Balaban J connectivity index is 1.34. The lowest BCUT2D eigenvalue weighted by molar-refractivity contribution is -0.137. The highest BCUT2D eigenvalue weighted by Gasteiger charge is 2.29. The van der Waals surface area contributed by atoms with Gasteiger partial charge in [0.05, 0.1) is 12.2 Å². The molecule has 0 amide bonds. The number of benzene rings is 3. The summed E-state index contributed by atoms with van der Waals surface area (Å²) in [4.78, 5) is 15.7. The van der Waals surface area contributed by atoms with Crippen molar-refractivity contribution >= 4 is 16.7 Å². The van der Waals surface area contributed by atoms with Crippen LogP contribution in [0.1, 0.15) is 28.0 Å². The first kappa shape index (κ1) is 21.7. The number of fused-ring (bicyclic) bond motifs is 1. The van der Waals surface area contributed by atoms with Crippen LogP contribution < -0.4 is 4.74 Å². The van der Waals surface area contributed by atoms with Crippen LogP contribution in [-0.4, -0.2) is 17.4 Å². The summed E-state index contributed by atoms with van der Waals surface area (Å²) in [5.74, 6) is 0.554. The van der Waals surface area contributed by atoms with Gasteiger partial charge in [0, 0.05) is 23.2 Å². The molecule has 1 aromatic heterocycles. The quantitative estimate of drug-likeness (QED) is 0.326. The number of nitrogens with one attached hydrogen (secondary N) is 1. The number of Topliss-reactive ketones (excluding diaryl/α,β-unsaturated/α-hetero) is 1. The van der Waals surface area contributed by atoms with Gasteiger partial charge in [-0.3, -0.25) is 4.79 Å². The van der Waals surface area contributed by atoms with Crippen LogP contribution in [0.15, 0.2) is 72.8 Å². The van der Waals surface area contributed by atoms with Gasteiger partial charge in [0.1, 0.15) is 5.75 Å². The molecule has 3 aromatic carbocycles. The highest BCUT2D eigenvalue weighted by Crippen LogP contribution is 2.31. The predicted molar refractivity (Wildman–Crippen MR) is 118 cm³/mol. The molecule has 1 N–H and O–H groups in total. The van der Waals surface area contributed by atoms with Crippen LogP contribution in [0.2, 0.25) is 0 Å². The number of aromatic nitrogens is 1. The van der Waals surface area contributed by atoms with Crippen LogP contribution in [-0.2, 0) is 12.6 Å². The van der Waals surface area contributed by atoms with E-state index in [0.29, 0.717) is 23.3 Å². The maximum atomic E-state index is 12.7. The average Bonchev–Trinajstić information content (AvgIpc) is 3.21. The summed E-state index contributed by atoms with van der Waals surface area (Å²) in [6, 6.07) is 19.5. The first-order chi connectivity index (χ1) is 15.3. The summed E-state index contributed by atoms with van der Waals surface area (Å²) in [6.45, 7) is 5.86. The smallest absolute Gasteiger partial charge is 0.416 e. The van der Waals surface area contributed by atoms with Gasteiger partial charge >= 0.3 is 6.18 Å². The van der Waals surface area contributed by atoms with Crippen molar-refractivity contribution in [3.05, 3.63) is 96.5 Å². The molecule has 0 fully saturated rings. The van der Waals surface area contributed by atoms with Crippen molar-refractivity contribution in [1.82, 2.24) is 4.98 Å². The highest BCUT2D eigenvalue weighted by molar-refractivity contribution is 5.99. The molecule has 0 saturated heterocycles. The van der Waals surface area contributed by atoms with Crippen LogP contribution in [0.5, 0.6) is 5.75 Å². The second kappa shape index (κ2) is 8.91. The third-order valence-electron chi connectivity index (χ3n) is 5.22. The van der Waals surface area contributed by atoms with Crippen molar-refractivity contribution in [2.45, 2.75) is 19.0 Å². The molecule has 4 aromatic rings. The zero-order valence-electron chi connectivity index (χ0n) is 17.1. The summed E-state index contributed by atoms with van der Waals surface area (Å²) in [5, 5.41) is 1.01. The third-order valence-corrected chi connectivity index (χ3v) is 5.22. The monoisotopic (exact) mass is 435 g/mol. The molecule has 0 aliphatic rings. The van der Waals surface area contributed by atoms with E-state index in [1.54, 1.807) is 30.3 Å². The van der Waals surface area contributed by atoms with Gasteiger partial charge in [-0.1, -0.05) is 36.4 Å².